The van der Waals surface area contributed by atoms with Gasteiger partial charge in [-0.3, -0.25) is 14.4 Å². The van der Waals surface area contributed by atoms with Crippen molar-refractivity contribution in [2.45, 2.75) is 103 Å². The van der Waals surface area contributed by atoms with Gasteiger partial charge >= 0.3 is 0 Å². The molecule has 3 heterocycles. The van der Waals surface area contributed by atoms with Crippen molar-refractivity contribution >= 4 is 17.7 Å². The molecule has 3 fully saturated rings. The van der Waals surface area contributed by atoms with Crippen molar-refractivity contribution < 1.29 is 24.2 Å². The van der Waals surface area contributed by atoms with Crippen LogP contribution in [0.15, 0.2) is 0 Å². The van der Waals surface area contributed by atoms with Crippen LogP contribution in [-0.4, -0.2) is 70.2 Å². The SMILES string of the molecule is CCCNC(=O)[C@@H]1[C@H]2C(=O)N([C@@H](CO)CC(C)C)C(C(=O)NC(C)C)C23CC[C@@]1(CC)O3. The molecule has 0 aromatic rings. The molecule has 3 N–H and O–H groups in total. The first-order chi connectivity index (χ1) is 15.1. The van der Waals surface area contributed by atoms with E-state index in [4.69, 9.17) is 4.74 Å². The Morgan fingerprint density at radius 2 is 1.88 bits per heavy atom. The Balaban J connectivity index is 2.09. The molecule has 8 heteroatoms. The second-order valence-corrected chi connectivity index (χ2v) is 10.5. The highest BCUT2D eigenvalue weighted by Crippen LogP contribution is 2.64. The van der Waals surface area contributed by atoms with Gasteiger partial charge in [0.15, 0.2) is 0 Å². The molecule has 3 aliphatic heterocycles. The Kier molecular flexibility index (Phi) is 7.25. The summed E-state index contributed by atoms with van der Waals surface area (Å²) in [6, 6.07) is -1.45. The van der Waals surface area contributed by atoms with Crippen LogP contribution in [0, 0.1) is 17.8 Å². The summed E-state index contributed by atoms with van der Waals surface area (Å²) in [7, 11) is 0. The number of nitrogens with one attached hydrogen (secondary N) is 2. The molecular weight excluding hydrogens is 410 g/mol. The summed E-state index contributed by atoms with van der Waals surface area (Å²) in [5.41, 5.74) is -1.77. The molecule has 182 valence electrons. The Bertz CT molecular complexity index is 741. The standard InChI is InChI=1S/C24H41N3O5/c1-7-11-25-20(29)17-18-22(31)27(16(13-28)12-14(3)4)19(21(30)26-15(5)6)24(18)10-9-23(17,8-2)32-24/h14-19,28H,7-13H2,1-6H3,(H,25,29)(H,26,30)/t16-,17+,18+,19?,23-,24?/m1/s1. The van der Waals surface area contributed by atoms with Crippen molar-refractivity contribution in [3.8, 4) is 0 Å². The third kappa shape index (κ3) is 3.83. The zero-order valence-electron chi connectivity index (χ0n) is 20.4. The second-order valence-electron chi connectivity index (χ2n) is 10.5. The lowest BCUT2D eigenvalue weighted by atomic mass is 9.65. The first-order valence-corrected chi connectivity index (χ1v) is 12.3. The van der Waals surface area contributed by atoms with E-state index in [-0.39, 0.29) is 36.3 Å². The predicted molar refractivity (Wildman–Crippen MR) is 121 cm³/mol. The molecule has 3 rings (SSSR count). The first kappa shape index (κ1) is 25.0. The summed E-state index contributed by atoms with van der Waals surface area (Å²) in [5, 5.41) is 16.2. The number of fused-ring (bicyclic) bond motifs is 1. The van der Waals surface area contributed by atoms with Gasteiger partial charge in [-0.05, 0) is 51.9 Å². The van der Waals surface area contributed by atoms with Gasteiger partial charge in [-0.2, -0.15) is 0 Å². The summed E-state index contributed by atoms with van der Waals surface area (Å²) in [6.45, 7) is 12.1. The minimum absolute atomic E-state index is 0.102. The second kappa shape index (κ2) is 9.29. The molecule has 2 bridgehead atoms. The van der Waals surface area contributed by atoms with E-state index < -0.39 is 35.1 Å². The third-order valence-electron chi connectivity index (χ3n) is 7.48. The normalized spacial score (nSPS) is 34.3. The van der Waals surface area contributed by atoms with Crippen LogP contribution in [0.25, 0.3) is 0 Å². The van der Waals surface area contributed by atoms with E-state index in [1.807, 2.05) is 41.5 Å². The largest absolute Gasteiger partial charge is 0.394 e. The Morgan fingerprint density at radius 1 is 1.19 bits per heavy atom. The maximum Gasteiger partial charge on any atom is 0.246 e. The van der Waals surface area contributed by atoms with E-state index in [2.05, 4.69) is 10.6 Å². The van der Waals surface area contributed by atoms with Crippen molar-refractivity contribution in [3.05, 3.63) is 0 Å². The lowest BCUT2D eigenvalue weighted by Crippen LogP contribution is -2.59. The number of carbonyl (C=O) groups is 3. The van der Waals surface area contributed by atoms with Gasteiger partial charge in [-0.15, -0.1) is 0 Å². The van der Waals surface area contributed by atoms with E-state index in [9.17, 15) is 19.5 Å². The monoisotopic (exact) mass is 451 g/mol. The Hall–Kier alpha value is -1.67. The summed E-state index contributed by atoms with van der Waals surface area (Å²) in [6.07, 6.45) is 3.18. The number of amides is 3. The molecule has 3 amide bonds. The van der Waals surface area contributed by atoms with Gasteiger partial charge in [0.25, 0.3) is 0 Å². The Labute approximate surface area is 191 Å². The zero-order valence-corrected chi connectivity index (χ0v) is 20.4. The first-order valence-electron chi connectivity index (χ1n) is 12.3. The molecule has 0 aromatic carbocycles. The Morgan fingerprint density at radius 3 is 2.41 bits per heavy atom. The van der Waals surface area contributed by atoms with Gasteiger partial charge in [0, 0.05) is 12.6 Å². The molecule has 8 nitrogen and oxygen atoms in total. The van der Waals surface area contributed by atoms with Crippen molar-refractivity contribution in [3.63, 3.8) is 0 Å². The van der Waals surface area contributed by atoms with Crippen LogP contribution in [0.2, 0.25) is 0 Å². The van der Waals surface area contributed by atoms with Crippen LogP contribution in [0.1, 0.15) is 73.6 Å². The number of hydrogen-bond donors (Lipinski definition) is 3. The molecule has 1 spiro atoms. The highest BCUT2D eigenvalue weighted by atomic mass is 16.5. The maximum absolute atomic E-state index is 14.0. The van der Waals surface area contributed by atoms with Crippen molar-refractivity contribution in [2.75, 3.05) is 13.2 Å². The van der Waals surface area contributed by atoms with E-state index in [1.165, 1.54) is 0 Å². The van der Waals surface area contributed by atoms with Crippen LogP contribution < -0.4 is 10.6 Å². The van der Waals surface area contributed by atoms with Gasteiger partial charge in [0.1, 0.15) is 11.6 Å². The lowest BCUT2D eigenvalue weighted by molar-refractivity contribution is -0.151. The lowest BCUT2D eigenvalue weighted by Gasteiger charge is -2.38. The van der Waals surface area contributed by atoms with Crippen LogP contribution >= 0.6 is 0 Å². The van der Waals surface area contributed by atoms with Crippen LogP contribution in [0.3, 0.4) is 0 Å². The number of carbonyl (C=O) groups excluding carboxylic acids is 3. The number of ether oxygens (including phenoxy) is 1. The smallest absolute Gasteiger partial charge is 0.246 e. The van der Waals surface area contributed by atoms with Crippen LogP contribution in [0.4, 0.5) is 0 Å². The van der Waals surface area contributed by atoms with Crippen molar-refractivity contribution in [1.29, 1.82) is 0 Å². The number of likely N-dealkylation sites (tertiary alicyclic amines) is 1. The number of nitrogens with zero attached hydrogens (tertiary/aromatic N) is 1. The molecule has 0 saturated carbocycles. The molecule has 32 heavy (non-hydrogen) atoms. The average Bonchev–Trinajstić information content (AvgIpc) is 3.33. The number of aliphatic hydroxyl groups is 1. The molecule has 0 aromatic heterocycles. The van der Waals surface area contributed by atoms with Crippen molar-refractivity contribution in [1.82, 2.24) is 15.5 Å². The van der Waals surface area contributed by atoms with Gasteiger partial charge in [0.2, 0.25) is 17.7 Å². The fraction of sp³-hybridized carbons (Fsp3) is 0.875. The number of rotatable bonds is 10. The minimum Gasteiger partial charge on any atom is -0.394 e. The highest BCUT2D eigenvalue weighted by Gasteiger charge is 2.79. The maximum atomic E-state index is 14.0. The predicted octanol–water partition coefficient (Wildman–Crippen LogP) is 1.60. The summed E-state index contributed by atoms with van der Waals surface area (Å²) in [4.78, 5) is 42.4. The quantitative estimate of drug-likeness (QED) is 0.468. The molecule has 3 saturated heterocycles. The number of hydrogen-bond acceptors (Lipinski definition) is 5. The minimum atomic E-state index is -1.04. The fourth-order valence-electron chi connectivity index (χ4n) is 6.29. The number of aliphatic hydroxyl groups excluding tert-OH is 1. The highest BCUT2D eigenvalue weighted by molar-refractivity contribution is 5.99. The van der Waals surface area contributed by atoms with Crippen LogP contribution in [0.5, 0.6) is 0 Å². The van der Waals surface area contributed by atoms with Crippen LogP contribution in [-0.2, 0) is 19.1 Å². The van der Waals surface area contributed by atoms with E-state index in [0.29, 0.717) is 32.2 Å². The van der Waals surface area contributed by atoms with Gasteiger partial charge in [0.05, 0.1) is 30.1 Å². The topological polar surface area (TPSA) is 108 Å². The van der Waals surface area contributed by atoms with Gasteiger partial charge in [-0.25, -0.2) is 0 Å². The molecule has 0 radical (unpaired) electrons. The summed E-state index contributed by atoms with van der Waals surface area (Å²) < 4.78 is 6.68. The molecule has 2 unspecified atom stereocenters. The molecular formula is C24H41N3O5. The van der Waals surface area contributed by atoms with Crippen molar-refractivity contribution in [2.24, 2.45) is 17.8 Å². The van der Waals surface area contributed by atoms with E-state index in [1.54, 1.807) is 4.90 Å². The van der Waals surface area contributed by atoms with Gasteiger partial charge < -0.3 is 25.4 Å². The van der Waals surface area contributed by atoms with Gasteiger partial charge in [-0.1, -0.05) is 27.7 Å². The summed E-state index contributed by atoms with van der Waals surface area (Å²) in [5.74, 6) is -1.77. The zero-order chi connectivity index (χ0) is 23.8. The average molecular weight is 452 g/mol. The van der Waals surface area contributed by atoms with E-state index >= 15 is 0 Å². The fourth-order valence-corrected chi connectivity index (χ4v) is 6.29. The molecule has 0 aliphatic carbocycles. The molecule has 6 atom stereocenters. The molecule has 3 aliphatic rings. The van der Waals surface area contributed by atoms with E-state index in [0.717, 1.165) is 6.42 Å². The third-order valence-corrected chi connectivity index (χ3v) is 7.48. The summed E-state index contributed by atoms with van der Waals surface area (Å²) >= 11 is 0.